The Kier molecular flexibility index (Phi) is 5.86. The molecule has 0 saturated heterocycles. The lowest BCUT2D eigenvalue weighted by atomic mass is 10.2. The van der Waals surface area contributed by atoms with E-state index in [1.54, 1.807) is 19.1 Å². The summed E-state index contributed by atoms with van der Waals surface area (Å²) >= 11 is 0. The van der Waals surface area contributed by atoms with Crippen LogP contribution in [0.2, 0.25) is 0 Å². The summed E-state index contributed by atoms with van der Waals surface area (Å²) in [6.07, 6.45) is 2.08. The predicted molar refractivity (Wildman–Crippen MR) is 64.4 cm³/mol. The molecule has 0 unspecified atom stereocenters. The minimum Gasteiger partial charge on any atom is -0.493 e. The molecule has 0 aliphatic carbocycles. The zero-order chi connectivity index (χ0) is 11.8. The van der Waals surface area contributed by atoms with Crippen LogP contribution < -0.4 is 10.1 Å². The van der Waals surface area contributed by atoms with Gasteiger partial charge in [-0.05, 0) is 44.5 Å². The summed E-state index contributed by atoms with van der Waals surface area (Å²) in [6, 6.07) is 4.98. The van der Waals surface area contributed by atoms with Crippen LogP contribution in [0.4, 0.5) is 4.39 Å². The standard InChI is InChI=1S/C13H20FNO/c1-3-7-15-8-4-9-16-12-6-5-11(2)13(14)10-12/h5-6,10,15H,3-4,7-9H2,1-2H3. The maximum absolute atomic E-state index is 13.2. The highest BCUT2D eigenvalue weighted by Crippen LogP contribution is 2.15. The quantitative estimate of drug-likeness (QED) is 0.720. The van der Waals surface area contributed by atoms with Gasteiger partial charge in [-0.25, -0.2) is 4.39 Å². The third-order valence-electron chi connectivity index (χ3n) is 2.34. The molecular formula is C13H20FNO. The molecule has 0 aromatic heterocycles. The Morgan fingerprint density at radius 2 is 2.12 bits per heavy atom. The van der Waals surface area contributed by atoms with Gasteiger partial charge in [0.2, 0.25) is 0 Å². The fraction of sp³-hybridized carbons (Fsp3) is 0.538. The first-order valence-electron chi connectivity index (χ1n) is 5.83. The molecule has 90 valence electrons. The van der Waals surface area contributed by atoms with Crippen LogP contribution in [0.5, 0.6) is 5.75 Å². The fourth-order valence-corrected chi connectivity index (χ4v) is 1.35. The van der Waals surface area contributed by atoms with Crippen LogP contribution in [-0.2, 0) is 0 Å². The second-order valence-electron chi connectivity index (χ2n) is 3.86. The van der Waals surface area contributed by atoms with Gasteiger partial charge in [0.05, 0.1) is 6.61 Å². The Bertz CT molecular complexity index is 315. The lowest BCUT2D eigenvalue weighted by molar-refractivity contribution is 0.306. The van der Waals surface area contributed by atoms with Crippen molar-refractivity contribution in [3.8, 4) is 5.75 Å². The first-order valence-corrected chi connectivity index (χ1v) is 5.83. The van der Waals surface area contributed by atoms with Crippen molar-refractivity contribution >= 4 is 0 Å². The molecule has 0 fully saturated rings. The van der Waals surface area contributed by atoms with Crippen molar-refractivity contribution in [2.24, 2.45) is 0 Å². The van der Waals surface area contributed by atoms with Gasteiger partial charge in [-0.15, -0.1) is 0 Å². The van der Waals surface area contributed by atoms with Gasteiger partial charge >= 0.3 is 0 Å². The second kappa shape index (κ2) is 7.23. The fourth-order valence-electron chi connectivity index (χ4n) is 1.35. The highest BCUT2D eigenvalue weighted by molar-refractivity contribution is 5.27. The van der Waals surface area contributed by atoms with Gasteiger partial charge < -0.3 is 10.1 Å². The van der Waals surface area contributed by atoms with Crippen LogP contribution in [0, 0.1) is 12.7 Å². The SMILES string of the molecule is CCCNCCCOc1ccc(C)c(F)c1. The Labute approximate surface area is 96.8 Å². The monoisotopic (exact) mass is 225 g/mol. The molecule has 0 spiro atoms. The largest absolute Gasteiger partial charge is 0.493 e. The smallest absolute Gasteiger partial charge is 0.129 e. The van der Waals surface area contributed by atoms with E-state index in [0.29, 0.717) is 17.9 Å². The number of aryl methyl sites for hydroxylation is 1. The van der Waals surface area contributed by atoms with Gasteiger partial charge in [-0.2, -0.15) is 0 Å². The van der Waals surface area contributed by atoms with E-state index in [0.717, 1.165) is 25.9 Å². The normalized spacial score (nSPS) is 10.4. The lowest BCUT2D eigenvalue weighted by Crippen LogP contribution is -2.18. The maximum atomic E-state index is 13.2. The molecule has 0 aliphatic rings. The number of hydrogen-bond acceptors (Lipinski definition) is 2. The second-order valence-corrected chi connectivity index (χ2v) is 3.86. The topological polar surface area (TPSA) is 21.3 Å². The molecule has 0 atom stereocenters. The molecule has 1 N–H and O–H groups in total. The first kappa shape index (κ1) is 13.0. The van der Waals surface area contributed by atoms with Crippen LogP contribution in [0.25, 0.3) is 0 Å². The molecule has 0 amide bonds. The Balaban J connectivity index is 2.19. The van der Waals surface area contributed by atoms with E-state index in [1.165, 1.54) is 6.07 Å². The molecule has 0 radical (unpaired) electrons. The Morgan fingerprint density at radius 1 is 1.31 bits per heavy atom. The minimum absolute atomic E-state index is 0.207. The maximum Gasteiger partial charge on any atom is 0.129 e. The van der Waals surface area contributed by atoms with Gasteiger partial charge in [-0.3, -0.25) is 0 Å². The van der Waals surface area contributed by atoms with Crippen LogP contribution in [0.3, 0.4) is 0 Å². The van der Waals surface area contributed by atoms with Crippen molar-refractivity contribution in [3.05, 3.63) is 29.6 Å². The molecule has 0 saturated carbocycles. The number of rotatable bonds is 7. The highest BCUT2D eigenvalue weighted by atomic mass is 19.1. The van der Waals surface area contributed by atoms with E-state index in [1.807, 2.05) is 0 Å². The molecule has 3 heteroatoms. The number of nitrogens with one attached hydrogen (secondary N) is 1. The summed E-state index contributed by atoms with van der Waals surface area (Å²) in [5, 5.41) is 3.29. The van der Waals surface area contributed by atoms with E-state index in [9.17, 15) is 4.39 Å². The van der Waals surface area contributed by atoms with Gasteiger partial charge in [0.25, 0.3) is 0 Å². The van der Waals surface area contributed by atoms with Gasteiger partial charge in [-0.1, -0.05) is 13.0 Å². The van der Waals surface area contributed by atoms with E-state index < -0.39 is 0 Å². The van der Waals surface area contributed by atoms with Crippen molar-refractivity contribution < 1.29 is 9.13 Å². The average Bonchev–Trinajstić information content (AvgIpc) is 2.28. The number of halogens is 1. The molecule has 0 aliphatic heterocycles. The minimum atomic E-state index is -0.207. The van der Waals surface area contributed by atoms with E-state index in [-0.39, 0.29) is 5.82 Å². The van der Waals surface area contributed by atoms with Gasteiger partial charge in [0, 0.05) is 6.07 Å². The summed E-state index contributed by atoms with van der Waals surface area (Å²) in [4.78, 5) is 0. The van der Waals surface area contributed by atoms with Gasteiger partial charge in [0.15, 0.2) is 0 Å². The summed E-state index contributed by atoms with van der Waals surface area (Å²) in [6.45, 7) is 6.49. The van der Waals surface area contributed by atoms with Crippen LogP contribution in [-0.4, -0.2) is 19.7 Å². The first-order chi connectivity index (χ1) is 7.74. The van der Waals surface area contributed by atoms with Crippen LogP contribution in [0.1, 0.15) is 25.3 Å². The Morgan fingerprint density at radius 3 is 2.81 bits per heavy atom. The molecule has 16 heavy (non-hydrogen) atoms. The van der Waals surface area contributed by atoms with Crippen LogP contribution >= 0.6 is 0 Å². The molecule has 1 aromatic carbocycles. The van der Waals surface area contributed by atoms with E-state index >= 15 is 0 Å². The summed E-state index contributed by atoms with van der Waals surface area (Å²) in [7, 11) is 0. The zero-order valence-corrected chi connectivity index (χ0v) is 10.1. The average molecular weight is 225 g/mol. The number of ether oxygens (including phenoxy) is 1. The third-order valence-corrected chi connectivity index (χ3v) is 2.34. The highest BCUT2D eigenvalue weighted by Gasteiger charge is 1.99. The van der Waals surface area contributed by atoms with Crippen molar-refractivity contribution in [1.29, 1.82) is 0 Å². The number of benzene rings is 1. The molecule has 0 bridgehead atoms. The van der Waals surface area contributed by atoms with E-state index in [4.69, 9.17) is 4.74 Å². The lowest BCUT2D eigenvalue weighted by Gasteiger charge is -2.07. The van der Waals surface area contributed by atoms with Crippen molar-refractivity contribution in [2.45, 2.75) is 26.7 Å². The molecule has 2 nitrogen and oxygen atoms in total. The summed E-state index contributed by atoms with van der Waals surface area (Å²) in [5.41, 5.74) is 0.650. The number of hydrogen-bond donors (Lipinski definition) is 1. The molecule has 0 heterocycles. The molecule has 1 rings (SSSR count). The van der Waals surface area contributed by atoms with Crippen molar-refractivity contribution in [2.75, 3.05) is 19.7 Å². The van der Waals surface area contributed by atoms with E-state index in [2.05, 4.69) is 12.2 Å². The zero-order valence-electron chi connectivity index (χ0n) is 10.1. The molecule has 1 aromatic rings. The van der Waals surface area contributed by atoms with Crippen molar-refractivity contribution in [1.82, 2.24) is 5.32 Å². The van der Waals surface area contributed by atoms with Crippen LogP contribution in [0.15, 0.2) is 18.2 Å². The molecular weight excluding hydrogens is 205 g/mol. The van der Waals surface area contributed by atoms with Gasteiger partial charge in [0.1, 0.15) is 11.6 Å². The summed E-state index contributed by atoms with van der Waals surface area (Å²) in [5.74, 6) is 0.403. The predicted octanol–water partition coefficient (Wildman–Crippen LogP) is 2.90. The Hall–Kier alpha value is -1.09. The third kappa shape index (κ3) is 4.62. The summed E-state index contributed by atoms with van der Waals surface area (Å²) < 4.78 is 18.6. The van der Waals surface area contributed by atoms with Crippen molar-refractivity contribution in [3.63, 3.8) is 0 Å².